The third-order valence-corrected chi connectivity index (χ3v) is 5.34. The SMILES string of the molecule is CCCCN1C(=S)NC2c3cc(Cl)ccc3OC1(C)C2C. The second kappa shape index (κ2) is 5.33. The summed E-state index contributed by atoms with van der Waals surface area (Å²) < 4.78 is 6.38. The normalized spacial score (nSPS) is 30.5. The highest BCUT2D eigenvalue weighted by Crippen LogP contribution is 2.48. The van der Waals surface area contributed by atoms with Crippen molar-refractivity contribution in [1.82, 2.24) is 10.2 Å². The van der Waals surface area contributed by atoms with Gasteiger partial charge in [-0.05, 0) is 43.8 Å². The maximum absolute atomic E-state index is 6.38. The molecule has 0 aromatic heterocycles. The Kier molecular flexibility index (Phi) is 3.78. The summed E-state index contributed by atoms with van der Waals surface area (Å²) in [4.78, 5) is 2.20. The van der Waals surface area contributed by atoms with Crippen molar-refractivity contribution in [3.8, 4) is 5.75 Å². The smallest absolute Gasteiger partial charge is 0.186 e. The molecule has 0 spiro atoms. The first-order valence-electron chi connectivity index (χ1n) is 7.54. The van der Waals surface area contributed by atoms with E-state index < -0.39 is 5.72 Å². The molecule has 114 valence electrons. The second-order valence-corrected chi connectivity index (χ2v) is 6.88. The van der Waals surface area contributed by atoms with Crippen molar-refractivity contribution in [2.24, 2.45) is 5.92 Å². The number of thiocarbonyl (C=S) groups is 1. The van der Waals surface area contributed by atoms with E-state index >= 15 is 0 Å². The fourth-order valence-corrected chi connectivity index (χ4v) is 3.89. The van der Waals surface area contributed by atoms with Crippen molar-refractivity contribution in [3.63, 3.8) is 0 Å². The average Bonchev–Trinajstić information content (AvgIpc) is 2.44. The van der Waals surface area contributed by atoms with Crippen LogP contribution in [0.25, 0.3) is 0 Å². The van der Waals surface area contributed by atoms with Crippen LogP contribution in [0, 0.1) is 5.92 Å². The fraction of sp³-hybridized carbons (Fsp3) is 0.562. The van der Waals surface area contributed by atoms with Gasteiger partial charge in [0.25, 0.3) is 0 Å². The van der Waals surface area contributed by atoms with Gasteiger partial charge in [0.1, 0.15) is 5.75 Å². The monoisotopic (exact) mass is 324 g/mol. The molecule has 1 saturated heterocycles. The van der Waals surface area contributed by atoms with Crippen LogP contribution in [-0.4, -0.2) is 22.3 Å². The van der Waals surface area contributed by atoms with E-state index in [1.807, 2.05) is 18.2 Å². The van der Waals surface area contributed by atoms with Crippen molar-refractivity contribution >= 4 is 28.9 Å². The van der Waals surface area contributed by atoms with Gasteiger partial charge in [0, 0.05) is 23.0 Å². The van der Waals surface area contributed by atoms with Gasteiger partial charge in [-0.2, -0.15) is 0 Å². The number of nitrogens with zero attached hydrogens (tertiary/aromatic N) is 1. The lowest BCUT2D eigenvalue weighted by molar-refractivity contribution is -0.110. The summed E-state index contributed by atoms with van der Waals surface area (Å²) in [6.45, 7) is 7.46. The van der Waals surface area contributed by atoms with Crippen LogP contribution in [0.4, 0.5) is 0 Å². The Balaban J connectivity index is 2.03. The molecule has 1 aromatic carbocycles. The zero-order valence-electron chi connectivity index (χ0n) is 12.6. The minimum absolute atomic E-state index is 0.155. The largest absolute Gasteiger partial charge is 0.467 e. The number of halogens is 1. The molecule has 1 aromatic rings. The van der Waals surface area contributed by atoms with Crippen LogP contribution in [0.5, 0.6) is 5.75 Å². The minimum atomic E-state index is -0.400. The highest BCUT2D eigenvalue weighted by Gasteiger charge is 2.52. The van der Waals surface area contributed by atoms with Crippen LogP contribution < -0.4 is 10.1 Å². The van der Waals surface area contributed by atoms with Gasteiger partial charge in [-0.1, -0.05) is 31.9 Å². The molecule has 1 fully saturated rings. The number of benzene rings is 1. The molecule has 0 amide bonds. The maximum Gasteiger partial charge on any atom is 0.186 e. The molecule has 0 radical (unpaired) electrons. The number of ether oxygens (including phenoxy) is 1. The van der Waals surface area contributed by atoms with E-state index in [9.17, 15) is 0 Å². The summed E-state index contributed by atoms with van der Waals surface area (Å²) >= 11 is 11.7. The number of hydrogen-bond donors (Lipinski definition) is 1. The van der Waals surface area contributed by atoms with Crippen molar-refractivity contribution in [1.29, 1.82) is 0 Å². The lowest BCUT2D eigenvalue weighted by Crippen LogP contribution is -2.69. The van der Waals surface area contributed by atoms with E-state index in [1.165, 1.54) is 0 Å². The molecule has 3 atom stereocenters. The van der Waals surface area contributed by atoms with E-state index in [4.69, 9.17) is 28.6 Å². The van der Waals surface area contributed by atoms with E-state index in [-0.39, 0.29) is 12.0 Å². The third-order valence-electron chi connectivity index (χ3n) is 4.76. The second-order valence-electron chi connectivity index (χ2n) is 6.06. The van der Waals surface area contributed by atoms with Crippen molar-refractivity contribution < 1.29 is 4.74 Å². The zero-order valence-corrected chi connectivity index (χ0v) is 14.2. The molecule has 0 aliphatic carbocycles. The number of hydrogen-bond acceptors (Lipinski definition) is 2. The van der Waals surface area contributed by atoms with Gasteiger partial charge in [-0.25, -0.2) is 0 Å². The molecule has 21 heavy (non-hydrogen) atoms. The van der Waals surface area contributed by atoms with Gasteiger partial charge < -0.3 is 15.0 Å². The van der Waals surface area contributed by atoms with Gasteiger partial charge >= 0.3 is 0 Å². The Morgan fingerprint density at radius 3 is 2.95 bits per heavy atom. The topological polar surface area (TPSA) is 24.5 Å². The molecule has 2 bridgehead atoms. The van der Waals surface area contributed by atoms with Crippen molar-refractivity contribution in [3.05, 3.63) is 28.8 Å². The van der Waals surface area contributed by atoms with Crippen LogP contribution in [0.1, 0.15) is 45.2 Å². The van der Waals surface area contributed by atoms with Gasteiger partial charge in [-0.3, -0.25) is 0 Å². The lowest BCUT2D eigenvalue weighted by atomic mass is 9.81. The molecule has 1 N–H and O–H groups in total. The maximum atomic E-state index is 6.38. The Bertz CT molecular complexity index is 579. The number of rotatable bonds is 3. The van der Waals surface area contributed by atoms with E-state index in [0.717, 1.165) is 40.8 Å². The Hall–Kier alpha value is -1.00. The summed E-state index contributed by atoms with van der Waals surface area (Å²) in [5.41, 5.74) is 0.702. The first-order chi connectivity index (χ1) is 9.97. The standard InChI is InChI=1S/C16H21ClN2OS/c1-4-5-8-19-15(21)18-14-10(2)16(19,3)20-13-7-6-11(17)9-12(13)14/h6-7,9-10,14H,4-5,8H2,1-3H3,(H,18,21). The van der Waals surface area contributed by atoms with Crippen LogP contribution in [0.2, 0.25) is 5.02 Å². The predicted molar refractivity (Wildman–Crippen MR) is 89.7 cm³/mol. The van der Waals surface area contributed by atoms with Crippen molar-refractivity contribution in [2.45, 2.75) is 45.4 Å². The molecule has 3 rings (SSSR count). The van der Waals surface area contributed by atoms with Gasteiger partial charge in [0.15, 0.2) is 10.8 Å². The first kappa shape index (κ1) is 14.9. The van der Waals surface area contributed by atoms with Crippen LogP contribution >= 0.6 is 23.8 Å². The molecule has 2 heterocycles. The number of fused-ring (bicyclic) bond motifs is 4. The molecule has 2 aliphatic rings. The fourth-order valence-electron chi connectivity index (χ4n) is 3.31. The van der Waals surface area contributed by atoms with E-state index in [1.54, 1.807) is 0 Å². The van der Waals surface area contributed by atoms with Gasteiger partial charge in [0.2, 0.25) is 0 Å². The van der Waals surface area contributed by atoms with Crippen LogP contribution in [-0.2, 0) is 0 Å². The van der Waals surface area contributed by atoms with Crippen LogP contribution in [0.15, 0.2) is 18.2 Å². The molecular weight excluding hydrogens is 304 g/mol. The summed E-state index contributed by atoms with van der Waals surface area (Å²) in [5, 5.41) is 4.99. The van der Waals surface area contributed by atoms with Gasteiger partial charge in [-0.15, -0.1) is 0 Å². The van der Waals surface area contributed by atoms with Crippen molar-refractivity contribution in [2.75, 3.05) is 6.54 Å². The summed E-state index contributed by atoms with van der Waals surface area (Å²) in [6, 6.07) is 5.98. The summed E-state index contributed by atoms with van der Waals surface area (Å²) in [6.07, 6.45) is 2.24. The van der Waals surface area contributed by atoms with E-state index in [0.29, 0.717) is 0 Å². The minimum Gasteiger partial charge on any atom is -0.467 e. The highest BCUT2D eigenvalue weighted by molar-refractivity contribution is 7.80. The third kappa shape index (κ3) is 2.29. The Morgan fingerprint density at radius 2 is 2.24 bits per heavy atom. The predicted octanol–water partition coefficient (Wildman–Crippen LogP) is 4.12. The van der Waals surface area contributed by atoms with Gasteiger partial charge in [0.05, 0.1) is 6.04 Å². The number of nitrogens with one attached hydrogen (secondary N) is 1. The summed E-state index contributed by atoms with van der Waals surface area (Å²) in [7, 11) is 0. The molecular formula is C16H21ClN2OS. The highest BCUT2D eigenvalue weighted by atomic mass is 35.5. The molecule has 5 heteroatoms. The average molecular weight is 325 g/mol. The zero-order chi connectivity index (χ0) is 15.2. The molecule has 2 aliphatic heterocycles. The lowest BCUT2D eigenvalue weighted by Gasteiger charge is -2.56. The Labute approximate surface area is 136 Å². The van der Waals surface area contributed by atoms with Crippen LogP contribution in [0.3, 0.4) is 0 Å². The first-order valence-corrected chi connectivity index (χ1v) is 8.32. The number of unbranched alkanes of at least 4 members (excludes halogenated alkanes) is 1. The molecule has 3 unspecified atom stereocenters. The summed E-state index contributed by atoms with van der Waals surface area (Å²) in [5.74, 6) is 1.19. The van der Waals surface area contributed by atoms with E-state index in [2.05, 4.69) is 31.0 Å². The molecule has 3 nitrogen and oxygen atoms in total. The quantitative estimate of drug-likeness (QED) is 0.845. The molecule has 0 saturated carbocycles. The Morgan fingerprint density at radius 1 is 1.48 bits per heavy atom.